The quantitative estimate of drug-likeness (QED) is 0.169. The van der Waals surface area contributed by atoms with Crippen molar-refractivity contribution < 1.29 is 14.6 Å². The first kappa shape index (κ1) is 22.3. The summed E-state index contributed by atoms with van der Waals surface area (Å²) in [6, 6.07) is 17.6. The number of aliphatic hydroxyl groups is 1. The van der Waals surface area contributed by atoms with E-state index in [2.05, 4.69) is 20.3 Å². The number of hydrogen-bond acceptors (Lipinski definition) is 10. The summed E-state index contributed by atoms with van der Waals surface area (Å²) in [6.07, 6.45) is 0. The summed E-state index contributed by atoms with van der Waals surface area (Å²) in [5.41, 5.74) is 7.56. The molecule has 4 aromatic rings. The number of hydrogen-bond donors (Lipinski definition) is 3. The number of benzene rings is 2. The molecule has 0 radical (unpaired) electrons. The molecule has 0 amide bonds. The molecule has 0 aliphatic carbocycles. The fourth-order valence-corrected chi connectivity index (χ4v) is 4.40. The van der Waals surface area contributed by atoms with Gasteiger partial charge in [-0.05, 0) is 29.8 Å². The number of aliphatic hydroxyl groups excluding tert-OH is 1. The third-order valence-corrected chi connectivity index (χ3v) is 6.07. The predicted molar refractivity (Wildman–Crippen MR) is 129 cm³/mol. The number of thioether (sulfide) groups is 1. The van der Waals surface area contributed by atoms with Crippen LogP contribution in [-0.4, -0.2) is 46.4 Å². The van der Waals surface area contributed by atoms with E-state index in [9.17, 15) is 0 Å². The normalized spacial score (nSPS) is 11.0. The van der Waals surface area contributed by atoms with E-state index < -0.39 is 0 Å². The number of nitrogens with zero attached hydrogens (tertiary/aromatic N) is 3. The fourth-order valence-electron chi connectivity index (χ4n) is 2.88. The summed E-state index contributed by atoms with van der Waals surface area (Å²) in [5, 5.41) is 13.1. The topological polar surface area (TPSA) is 115 Å². The van der Waals surface area contributed by atoms with E-state index in [0.29, 0.717) is 47.3 Å². The third-order valence-electron chi connectivity index (χ3n) is 4.27. The van der Waals surface area contributed by atoms with Gasteiger partial charge in [0.1, 0.15) is 16.2 Å². The molecule has 0 atom stereocenters. The first-order chi connectivity index (χ1) is 15.7. The van der Waals surface area contributed by atoms with E-state index in [4.69, 9.17) is 20.3 Å². The fraction of sp³-hybridized carbons (Fsp3) is 0.227. The zero-order valence-electron chi connectivity index (χ0n) is 17.2. The van der Waals surface area contributed by atoms with Crippen LogP contribution in [0.5, 0.6) is 11.5 Å². The number of rotatable bonds is 11. The average molecular weight is 470 g/mol. The van der Waals surface area contributed by atoms with Crippen molar-refractivity contribution in [3.63, 3.8) is 0 Å². The van der Waals surface area contributed by atoms with Crippen molar-refractivity contribution in [1.82, 2.24) is 15.0 Å². The molecular formula is C22H23N5O3S2. The number of anilines is 2. The average Bonchev–Trinajstić information content (AvgIpc) is 3.19. The molecule has 10 heteroatoms. The van der Waals surface area contributed by atoms with E-state index in [0.717, 1.165) is 21.8 Å². The van der Waals surface area contributed by atoms with Crippen LogP contribution in [0.3, 0.4) is 0 Å². The van der Waals surface area contributed by atoms with Crippen molar-refractivity contribution in [2.75, 3.05) is 37.4 Å². The minimum Gasteiger partial charge on any atom is -0.457 e. The second-order valence-corrected chi connectivity index (χ2v) is 8.65. The van der Waals surface area contributed by atoms with Crippen LogP contribution in [0, 0.1) is 0 Å². The summed E-state index contributed by atoms with van der Waals surface area (Å²) < 4.78 is 12.0. The van der Waals surface area contributed by atoms with Crippen LogP contribution < -0.4 is 15.8 Å². The minimum absolute atomic E-state index is 0.00150. The highest BCUT2D eigenvalue weighted by atomic mass is 32.2. The standard InChI is InChI=1S/C22H23N5O3S2/c23-21-25-20-18(32-21)19(24-9-11-29-12-10-28)26-22(27-20)31-14-15-5-4-8-17(13-15)30-16-6-2-1-3-7-16/h1-8,13,28H,9-12,14H2,(H3,23,24,25,26,27). The lowest BCUT2D eigenvalue weighted by molar-refractivity contribution is 0.0992. The Hall–Kier alpha value is -2.92. The maximum Gasteiger partial charge on any atom is 0.191 e. The Kier molecular flexibility index (Phi) is 7.73. The van der Waals surface area contributed by atoms with Crippen molar-refractivity contribution in [3.8, 4) is 11.5 Å². The van der Waals surface area contributed by atoms with Crippen LogP contribution >= 0.6 is 23.1 Å². The Bertz CT molecular complexity index is 1160. The van der Waals surface area contributed by atoms with Crippen LogP contribution in [0.2, 0.25) is 0 Å². The van der Waals surface area contributed by atoms with Gasteiger partial charge in [-0.1, -0.05) is 53.4 Å². The minimum atomic E-state index is 0.00150. The van der Waals surface area contributed by atoms with E-state index in [-0.39, 0.29) is 6.61 Å². The summed E-state index contributed by atoms with van der Waals surface area (Å²) in [7, 11) is 0. The van der Waals surface area contributed by atoms with E-state index in [1.54, 1.807) is 0 Å². The van der Waals surface area contributed by atoms with E-state index >= 15 is 0 Å². The molecule has 8 nitrogen and oxygen atoms in total. The van der Waals surface area contributed by atoms with Crippen molar-refractivity contribution in [3.05, 3.63) is 60.2 Å². The molecule has 0 unspecified atom stereocenters. The Morgan fingerprint density at radius 2 is 1.84 bits per heavy atom. The molecule has 0 aliphatic heterocycles. The van der Waals surface area contributed by atoms with E-state index in [1.807, 2.05) is 54.6 Å². The maximum atomic E-state index is 8.81. The summed E-state index contributed by atoms with van der Waals surface area (Å²) in [5.74, 6) is 2.94. The molecule has 0 bridgehead atoms. The zero-order chi connectivity index (χ0) is 22.2. The van der Waals surface area contributed by atoms with Crippen molar-refractivity contribution in [2.45, 2.75) is 10.9 Å². The number of nitrogens with one attached hydrogen (secondary N) is 1. The van der Waals surface area contributed by atoms with E-state index in [1.165, 1.54) is 23.1 Å². The van der Waals surface area contributed by atoms with Gasteiger partial charge >= 0.3 is 0 Å². The molecule has 0 fully saturated rings. The molecule has 4 rings (SSSR count). The van der Waals surface area contributed by atoms with Gasteiger partial charge in [-0.3, -0.25) is 0 Å². The number of para-hydroxylation sites is 1. The Morgan fingerprint density at radius 1 is 1.00 bits per heavy atom. The van der Waals surface area contributed by atoms with Crippen LogP contribution in [0.25, 0.3) is 10.3 Å². The third kappa shape index (κ3) is 6.07. The molecule has 2 aromatic carbocycles. The lowest BCUT2D eigenvalue weighted by Gasteiger charge is -2.09. The summed E-state index contributed by atoms with van der Waals surface area (Å²) >= 11 is 2.86. The monoisotopic (exact) mass is 469 g/mol. The molecule has 2 heterocycles. The van der Waals surface area contributed by atoms with Gasteiger partial charge in [-0.15, -0.1) is 0 Å². The number of nitrogens with two attached hydrogens (primary N) is 1. The zero-order valence-corrected chi connectivity index (χ0v) is 18.9. The molecule has 0 saturated heterocycles. The first-order valence-corrected chi connectivity index (χ1v) is 11.8. The highest BCUT2D eigenvalue weighted by Gasteiger charge is 2.13. The van der Waals surface area contributed by atoms with Crippen molar-refractivity contribution in [2.24, 2.45) is 0 Å². The summed E-state index contributed by atoms with van der Waals surface area (Å²) in [4.78, 5) is 13.5. The number of ether oxygens (including phenoxy) is 2. The Labute approximate surface area is 193 Å². The van der Waals surface area contributed by atoms with Gasteiger partial charge < -0.3 is 25.6 Å². The molecule has 2 aromatic heterocycles. The van der Waals surface area contributed by atoms with Gasteiger partial charge in [0.05, 0.1) is 19.8 Å². The van der Waals surface area contributed by atoms with Crippen LogP contribution in [-0.2, 0) is 10.5 Å². The lowest BCUT2D eigenvalue weighted by Crippen LogP contribution is -2.12. The largest absolute Gasteiger partial charge is 0.457 e. The number of aromatic nitrogens is 3. The lowest BCUT2D eigenvalue weighted by atomic mass is 10.2. The van der Waals surface area contributed by atoms with Gasteiger partial charge in [0.15, 0.2) is 21.8 Å². The number of fused-ring (bicyclic) bond motifs is 1. The van der Waals surface area contributed by atoms with Crippen molar-refractivity contribution in [1.29, 1.82) is 0 Å². The molecule has 4 N–H and O–H groups in total. The second kappa shape index (κ2) is 11.1. The summed E-state index contributed by atoms with van der Waals surface area (Å²) in [6.45, 7) is 1.31. The van der Waals surface area contributed by atoms with Gasteiger partial charge in [0.2, 0.25) is 0 Å². The van der Waals surface area contributed by atoms with Gasteiger partial charge in [-0.25, -0.2) is 15.0 Å². The number of thiazole rings is 1. The van der Waals surface area contributed by atoms with Crippen LogP contribution in [0.1, 0.15) is 5.56 Å². The molecular weight excluding hydrogens is 446 g/mol. The van der Waals surface area contributed by atoms with Gasteiger partial charge in [0, 0.05) is 12.3 Å². The Morgan fingerprint density at radius 3 is 2.69 bits per heavy atom. The second-order valence-electron chi connectivity index (χ2n) is 6.67. The molecule has 32 heavy (non-hydrogen) atoms. The highest BCUT2D eigenvalue weighted by Crippen LogP contribution is 2.32. The number of nitrogen functional groups attached to an aromatic ring is 1. The van der Waals surface area contributed by atoms with Gasteiger partial charge in [-0.2, -0.15) is 0 Å². The Balaban J connectivity index is 1.44. The first-order valence-electron chi connectivity index (χ1n) is 10.0. The predicted octanol–water partition coefficient (Wildman–Crippen LogP) is 4.17. The highest BCUT2D eigenvalue weighted by molar-refractivity contribution is 7.98. The SMILES string of the molecule is Nc1nc2nc(SCc3cccc(Oc4ccccc4)c3)nc(NCCOCCO)c2s1. The van der Waals surface area contributed by atoms with Crippen molar-refractivity contribution >= 4 is 44.4 Å². The molecule has 0 saturated carbocycles. The molecule has 166 valence electrons. The molecule has 0 aliphatic rings. The van der Waals surface area contributed by atoms with Crippen LogP contribution in [0.4, 0.5) is 10.9 Å². The molecule has 0 spiro atoms. The smallest absolute Gasteiger partial charge is 0.191 e. The van der Waals surface area contributed by atoms with Crippen LogP contribution in [0.15, 0.2) is 59.8 Å². The maximum absolute atomic E-state index is 8.81. The van der Waals surface area contributed by atoms with Gasteiger partial charge in [0.25, 0.3) is 0 Å².